The molecule has 0 aliphatic rings. The number of hydrogen-bond acceptors (Lipinski definition) is 5. The van der Waals surface area contributed by atoms with E-state index in [0.717, 1.165) is 0 Å². The van der Waals surface area contributed by atoms with Crippen LogP contribution in [0.4, 0.5) is 11.4 Å². The van der Waals surface area contributed by atoms with Crippen molar-refractivity contribution in [3.05, 3.63) is 18.2 Å². The van der Waals surface area contributed by atoms with E-state index in [1.54, 1.807) is 12.1 Å². The highest BCUT2D eigenvalue weighted by Gasteiger charge is 2.17. The van der Waals surface area contributed by atoms with Gasteiger partial charge < -0.3 is 15.8 Å². The van der Waals surface area contributed by atoms with Crippen molar-refractivity contribution in [2.24, 2.45) is 0 Å². The molecule has 6 nitrogen and oxygen atoms in total. The van der Waals surface area contributed by atoms with Crippen LogP contribution >= 0.6 is 0 Å². The van der Waals surface area contributed by atoms with E-state index < -0.39 is 10.0 Å². The van der Waals surface area contributed by atoms with Crippen LogP contribution in [0.3, 0.4) is 0 Å². The molecule has 0 aliphatic heterocycles. The van der Waals surface area contributed by atoms with Gasteiger partial charge in [0.05, 0.1) is 11.8 Å². The lowest BCUT2D eigenvalue weighted by atomic mass is 10.2. The molecule has 0 fully saturated rings. The topological polar surface area (TPSA) is 93.4 Å². The summed E-state index contributed by atoms with van der Waals surface area (Å²) in [7, 11) is -2.18. The van der Waals surface area contributed by atoms with E-state index in [-0.39, 0.29) is 11.0 Å². The first-order valence-electron chi connectivity index (χ1n) is 6.09. The molecule has 0 saturated carbocycles. The average Bonchev–Trinajstić information content (AvgIpc) is 2.37. The van der Waals surface area contributed by atoms with Gasteiger partial charge in [-0.1, -0.05) is 0 Å². The third-order valence-corrected chi connectivity index (χ3v) is 4.05. The van der Waals surface area contributed by atoms with E-state index in [1.807, 2.05) is 13.8 Å². The van der Waals surface area contributed by atoms with E-state index in [1.165, 1.54) is 13.1 Å². The Balaban J connectivity index is 2.95. The molecular weight excluding hydrogens is 266 g/mol. The molecule has 0 spiro atoms. The second kappa shape index (κ2) is 6.74. The average molecular weight is 287 g/mol. The standard InChI is InChI=1S/C12H21N3O3S/c1-4-18-9(2)8-15-11-6-5-10(13)7-12(11)19(16,17)14-3/h5-7,9,14-15H,4,8,13H2,1-3H3. The summed E-state index contributed by atoms with van der Waals surface area (Å²) in [5, 5.41) is 3.07. The maximum absolute atomic E-state index is 11.9. The molecule has 0 saturated heterocycles. The van der Waals surface area contributed by atoms with E-state index in [4.69, 9.17) is 10.5 Å². The van der Waals surface area contributed by atoms with Gasteiger partial charge in [-0.15, -0.1) is 0 Å². The van der Waals surface area contributed by atoms with Crippen molar-refractivity contribution in [3.63, 3.8) is 0 Å². The predicted molar refractivity (Wildman–Crippen MR) is 76.7 cm³/mol. The summed E-state index contributed by atoms with van der Waals surface area (Å²) in [6.07, 6.45) is -0.00677. The molecule has 0 radical (unpaired) electrons. The van der Waals surface area contributed by atoms with E-state index in [2.05, 4.69) is 10.0 Å². The van der Waals surface area contributed by atoms with Gasteiger partial charge in [0.15, 0.2) is 0 Å². The van der Waals surface area contributed by atoms with Crippen molar-refractivity contribution in [2.75, 3.05) is 31.2 Å². The summed E-state index contributed by atoms with van der Waals surface area (Å²) >= 11 is 0. The number of ether oxygens (including phenoxy) is 1. The van der Waals surface area contributed by atoms with Crippen molar-refractivity contribution < 1.29 is 13.2 Å². The Morgan fingerprint density at radius 2 is 2.11 bits per heavy atom. The van der Waals surface area contributed by atoms with Gasteiger partial charge in [0.1, 0.15) is 4.90 Å². The number of nitrogens with two attached hydrogens (primary N) is 1. The maximum atomic E-state index is 11.9. The van der Waals surface area contributed by atoms with Crippen LogP contribution in [0.15, 0.2) is 23.1 Å². The molecular formula is C12H21N3O3S. The minimum absolute atomic E-state index is 0.00677. The SMILES string of the molecule is CCOC(C)CNc1ccc(N)cc1S(=O)(=O)NC. The Labute approximate surface area is 114 Å². The van der Waals surface area contributed by atoms with Gasteiger partial charge in [-0.05, 0) is 39.1 Å². The smallest absolute Gasteiger partial charge is 0.242 e. The molecule has 19 heavy (non-hydrogen) atoms. The highest BCUT2D eigenvalue weighted by molar-refractivity contribution is 7.89. The van der Waals surface area contributed by atoms with Crippen LogP contribution in [0.25, 0.3) is 0 Å². The zero-order chi connectivity index (χ0) is 14.5. The Morgan fingerprint density at radius 3 is 2.68 bits per heavy atom. The monoisotopic (exact) mass is 287 g/mol. The van der Waals surface area contributed by atoms with E-state index >= 15 is 0 Å². The summed E-state index contributed by atoms with van der Waals surface area (Å²) in [6.45, 7) is 4.97. The number of benzene rings is 1. The highest BCUT2D eigenvalue weighted by Crippen LogP contribution is 2.23. The van der Waals surface area contributed by atoms with Gasteiger partial charge in [-0.2, -0.15) is 0 Å². The largest absolute Gasteiger partial charge is 0.399 e. The van der Waals surface area contributed by atoms with Crippen molar-refractivity contribution in [3.8, 4) is 0 Å². The number of hydrogen-bond donors (Lipinski definition) is 3. The van der Waals surface area contributed by atoms with Crippen LogP contribution in [0.2, 0.25) is 0 Å². The summed E-state index contributed by atoms with van der Waals surface area (Å²) < 4.78 is 31.5. The van der Waals surface area contributed by atoms with E-state index in [9.17, 15) is 8.42 Å². The Kier molecular flexibility index (Phi) is 5.59. The van der Waals surface area contributed by atoms with Gasteiger partial charge in [0, 0.05) is 18.8 Å². The Bertz CT molecular complexity index is 517. The lowest BCUT2D eigenvalue weighted by Gasteiger charge is -2.16. The first kappa shape index (κ1) is 15.7. The Morgan fingerprint density at radius 1 is 1.42 bits per heavy atom. The van der Waals surface area contributed by atoms with Gasteiger partial charge in [-0.3, -0.25) is 0 Å². The highest BCUT2D eigenvalue weighted by atomic mass is 32.2. The summed E-state index contributed by atoms with van der Waals surface area (Å²) in [5.41, 5.74) is 6.55. The summed E-state index contributed by atoms with van der Waals surface area (Å²) in [4.78, 5) is 0.138. The molecule has 0 heterocycles. The van der Waals surface area contributed by atoms with Crippen molar-refractivity contribution >= 4 is 21.4 Å². The lowest BCUT2D eigenvalue weighted by molar-refractivity contribution is 0.0855. The minimum Gasteiger partial charge on any atom is -0.399 e. The van der Waals surface area contributed by atoms with Crippen LogP contribution in [-0.2, 0) is 14.8 Å². The minimum atomic E-state index is -3.54. The van der Waals surface area contributed by atoms with Gasteiger partial charge in [0.2, 0.25) is 10.0 Å². The maximum Gasteiger partial charge on any atom is 0.242 e. The fraction of sp³-hybridized carbons (Fsp3) is 0.500. The first-order chi connectivity index (χ1) is 8.90. The molecule has 1 aromatic rings. The zero-order valence-corrected chi connectivity index (χ0v) is 12.3. The molecule has 0 aliphatic carbocycles. The summed E-state index contributed by atoms with van der Waals surface area (Å²) in [5.74, 6) is 0. The molecule has 0 amide bonds. The van der Waals surface area contributed by atoms with Crippen LogP contribution in [-0.4, -0.2) is 34.7 Å². The molecule has 4 N–H and O–H groups in total. The second-order valence-electron chi connectivity index (χ2n) is 4.11. The van der Waals surface area contributed by atoms with Crippen LogP contribution < -0.4 is 15.8 Å². The van der Waals surface area contributed by atoms with Gasteiger partial charge >= 0.3 is 0 Å². The van der Waals surface area contributed by atoms with Crippen LogP contribution in [0.5, 0.6) is 0 Å². The molecule has 0 aromatic heterocycles. The molecule has 1 rings (SSSR count). The number of anilines is 2. The van der Waals surface area contributed by atoms with Gasteiger partial charge in [0.25, 0.3) is 0 Å². The third-order valence-electron chi connectivity index (χ3n) is 2.60. The molecule has 1 unspecified atom stereocenters. The normalized spacial score (nSPS) is 13.2. The van der Waals surface area contributed by atoms with Crippen molar-refractivity contribution in [1.29, 1.82) is 0 Å². The van der Waals surface area contributed by atoms with Gasteiger partial charge in [-0.25, -0.2) is 13.1 Å². The van der Waals surface area contributed by atoms with Crippen LogP contribution in [0.1, 0.15) is 13.8 Å². The number of nitrogens with one attached hydrogen (secondary N) is 2. The number of sulfonamides is 1. The third kappa shape index (κ3) is 4.38. The Hall–Kier alpha value is -1.31. The first-order valence-corrected chi connectivity index (χ1v) is 7.57. The van der Waals surface area contributed by atoms with Crippen LogP contribution in [0, 0.1) is 0 Å². The summed E-state index contributed by atoms with van der Waals surface area (Å²) in [6, 6.07) is 4.74. The van der Waals surface area contributed by atoms with E-state index in [0.29, 0.717) is 24.5 Å². The number of nitrogen functional groups attached to an aromatic ring is 1. The second-order valence-corrected chi connectivity index (χ2v) is 5.96. The molecule has 7 heteroatoms. The number of rotatable bonds is 7. The fourth-order valence-corrected chi connectivity index (χ4v) is 2.56. The fourth-order valence-electron chi connectivity index (χ4n) is 1.61. The van der Waals surface area contributed by atoms with Crippen molar-refractivity contribution in [1.82, 2.24) is 4.72 Å². The quantitative estimate of drug-likeness (QED) is 0.651. The zero-order valence-electron chi connectivity index (χ0n) is 11.4. The predicted octanol–water partition coefficient (Wildman–Crippen LogP) is 1.01. The molecule has 108 valence electrons. The molecule has 0 bridgehead atoms. The lowest BCUT2D eigenvalue weighted by Crippen LogP contribution is -2.23. The van der Waals surface area contributed by atoms with Crippen molar-refractivity contribution in [2.45, 2.75) is 24.8 Å². The molecule has 1 atom stereocenters. The molecule has 1 aromatic carbocycles.